The largest absolute Gasteiger partial charge is 0.331 e. The fourth-order valence-electron chi connectivity index (χ4n) is 2.29. The van der Waals surface area contributed by atoms with Crippen molar-refractivity contribution in [2.45, 2.75) is 6.92 Å². The van der Waals surface area contributed by atoms with Crippen LogP contribution in [-0.4, -0.2) is 15.5 Å². The van der Waals surface area contributed by atoms with Crippen LogP contribution in [0.2, 0.25) is 0 Å². The van der Waals surface area contributed by atoms with E-state index in [9.17, 15) is 9.59 Å². The predicted octanol–water partition coefficient (Wildman–Crippen LogP) is 3.01. The normalized spacial score (nSPS) is 10.6. The Morgan fingerprint density at radius 3 is 2.50 bits per heavy atom. The monoisotopic (exact) mass is 311 g/mol. The number of nitrogens with zero attached hydrogens (tertiary/aromatic N) is 1. The number of H-pyrrole nitrogens is 1. The van der Waals surface area contributed by atoms with Crippen molar-refractivity contribution >= 4 is 34.7 Å². The highest BCUT2D eigenvalue weighted by atomic mass is 32.1. The molecular weight excluding hydrogens is 298 g/mol. The van der Waals surface area contributed by atoms with E-state index in [0.29, 0.717) is 27.0 Å². The third-order valence-electron chi connectivity index (χ3n) is 3.25. The van der Waals surface area contributed by atoms with Crippen LogP contribution in [0.15, 0.2) is 53.3 Å². The summed E-state index contributed by atoms with van der Waals surface area (Å²) in [6.07, 6.45) is 0. The van der Waals surface area contributed by atoms with Gasteiger partial charge in [-0.25, -0.2) is 0 Å². The van der Waals surface area contributed by atoms with Crippen LogP contribution in [0.3, 0.4) is 0 Å². The van der Waals surface area contributed by atoms with Crippen LogP contribution >= 0.6 is 12.2 Å². The molecule has 0 unspecified atom stereocenters. The fourth-order valence-corrected chi connectivity index (χ4v) is 2.59. The first kappa shape index (κ1) is 14.2. The molecule has 2 aromatic carbocycles. The molecule has 0 radical (unpaired) electrons. The Morgan fingerprint density at radius 1 is 1.14 bits per heavy atom. The van der Waals surface area contributed by atoms with Gasteiger partial charge in [-0.05, 0) is 48.6 Å². The van der Waals surface area contributed by atoms with Gasteiger partial charge in [0.1, 0.15) is 0 Å². The summed E-state index contributed by atoms with van der Waals surface area (Å²) < 4.78 is 1.77. The zero-order chi connectivity index (χ0) is 15.7. The second-order valence-electron chi connectivity index (χ2n) is 4.84. The summed E-state index contributed by atoms with van der Waals surface area (Å²) in [6, 6.07) is 14.2. The number of aromatic nitrogens is 2. The van der Waals surface area contributed by atoms with E-state index < -0.39 is 0 Å². The lowest BCUT2D eigenvalue weighted by Crippen LogP contribution is -2.20. The minimum absolute atomic E-state index is 0.145. The predicted molar refractivity (Wildman–Crippen MR) is 89.0 cm³/mol. The number of carbonyl (C=O) groups is 1. The van der Waals surface area contributed by atoms with Crippen molar-refractivity contribution in [3.8, 4) is 5.69 Å². The van der Waals surface area contributed by atoms with Crippen molar-refractivity contribution in [3.63, 3.8) is 0 Å². The minimum Gasteiger partial charge on any atom is -0.331 e. The first-order valence-corrected chi connectivity index (χ1v) is 7.09. The number of benzene rings is 2. The quantitative estimate of drug-likeness (QED) is 0.715. The smallest absolute Gasteiger partial charge is 0.266 e. The van der Waals surface area contributed by atoms with Gasteiger partial charge in [-0.3, -0.25) is 14.2 Å². The number of para-hydroxylation sites is 1. The van der Waals surface area contributed by atoms with Crippen LogP contribution in [0.1, 0.15) is 6.92 Å². The molecule has 1 heterocycles. The second-order valence-corrected chi connectivity index (χ2v) is 5.23. The number of hydrogen-bond donors (Lipinski definition) is 2. The van der Waals surface area contributed by atoms with E-state index in [1.54, 1.807) is 30.3 Å². The SMILES string of the molecule is CC(=O)Nc1ccc(-n2c(=S)[nH]c3ccccc3c2=O)cc1. The molecule has 22 heavy (non-hydrogen) atoms. The highest BCUT2D eigenvalue weighted by Gasteiger charge is 2.07. The molecule has 3 rings (SSSR count). The van der Waals surface area contributed by atoms with Crippen LogP contribution in [0, 0.1) is 4.77 Å². The van der Waals surface area contributed by atoms with Crippen molar-refractivity contribution in [3.05, 3.63) is 63.7 Å². The average molecular weight is 311 g/mol. The summed E-state index contributed by atoms with van der Waals surface area (Å²) in [6.45, 7) is 1.44. The van der Waals surface area contributed by atoms with Gasteiger partial charge in [-0.15, -0.1) is 0 Å². The standard InChI is InChI=1S/C16H13N3O2S/c1-10(20)17-11-6-8-12(9-7-11)19-15(21)13-4-2-3-5-14(13)18-16(19)22/h2-9H,1H3,(H,17,20)(H,18,22). The molecule has 3 aromatic rings. The van der Waals surface area contributed by atoms with Gasteiger partial charge in [-0.2, -0.15) is 0 Å². The van der Waals surface area contributed by atoms with E-state index in [2.05, 4.69) is 10.3 Å². The Bertz CT molecular complexity index is 971. The molecule has 110 valence electrons. The van der Waals surface area contributed by atoms with Crippen molar-refractivity contribution in [1.82, 2.24) is 9.55 Å². The van der Waals surface area contributed by atoms with E-state index in [0.717, 1.165) is 0 Å². The number of nitrogens with one attached hydrogen (secondary N) is 2. The lowest BCUT2D eigenvalue weighted by Gasteiger charge is -2.09. The molecule has 0 bridgehead atoms. The van der Waals surface area contributed by atoms with Crippen molar-refractivity contribution in [1.29, 1.82) is 0 Å². The molecule has 2 N–H and O–H groups in total. The molecule has 0 aliphatic carbocycles. The van der Waals surface area contributed by atoms with Crippen LogP contribution < -0.4 is 10.9 Å². The first-order valence-electron chi connectivity index (χ1n) is 6.68. The van der Waals surface area contributed by atoms with Crippen molar-refractivity contribution < 1.29 is 4.79 Å². The molecule has 0 fully saturated rings. The number of rotatable bonds is 2. The molecule has 0 aliphatic rings. The molecular formula is C16H13N3O2S. The zero-order valence-corrected chi connectivity index (χ0v) is 12.6. The van der Waals surface area contributed by atoms with Gasteiger partial charge < -0.3 is 10.3 Å². The van der Waals surface area contributed by atoms with Crippen LogP contribution in [-0.2, 0) is 4.79 Å². The van der Waals surface area contributed by atoms with Crippen molar-refractivity contribution in [2.75, 3.05) is 5.32 Å². The summed E-state index contributed by atoms with van der Waals surface area (Å²) in [7, 11) is 0. The zero-order valence-electron chi connectivity index (χ0n) is 11.8. The maximum Gasteiger partial charge on any atom is 0.266 e. The summed E-state index contributed by atoms with van der Waals surface area (Å²) in [5, 5.41) is 3.25. The van der Waals surface area contributed by atoms with E-state index in [1.807, 2.05) is 18.2 Å². The molecule has 0 spiro atoms. The molecule has 0 atom stereocenters. The average Bonchev–Trinajstić information content (AvgIpc) is 2.48. The molecule has 0 aliphatic heterocycles. The topological polar surface area (TPSA) is 66.9 Å². The van der Waals surface area contributed by atoms with Gasteiger partial charge in [0.05, 0.1) is 16.6 Å². The van der Waals surface area contributed by atoms with Gasteiger partial charge in [-0.1, -0.05) is 12.1 Å². The molecule has 5 nitrogen and oxygen atoms in total. The van der Waals surface area contributed by atoms with E-state index in [-0.39, 0.29) is 11.5 Å². The third-order valence-corrected chi connectivity index (χ3v) is 3.54. The highest BCUT2D eigenvalue weighted by Crippen LogP contribution is 2.14. The molecule has 0 saturated carbocycles. The number of anilines is 1. The highest BCUT2D eigenvalue weighted by molar-refractivity contribution is 7.71. The maximum atomic E-state index is 12.6. The lowest BCUT2D eigenvalue weighted by atomic mass is 10.2. The maximum absolute atomic E-state index is 12.6. The minimum atomic E-state index is -0.174. The number of fused-ring (bicyclic) bond motifs is 1. The summed E-state index contributed by atoms with van der Waals surface area (Å²) in [5.74, 6) is -0.145. The molecule has 0 saturated heterocycles. The Labute approximate surface area is 131 Å². The van der Waals surface area contributed by atoms with Gasteiger partial charge >= 0.3 is 0 Å². The van der Waals surface area contributed by atoms with E-state index in [4.69, 9.17) is 12.2 Å². The summed E-state index contributed by atoms with van der Waals surface area (Å²) in [4.78, 5) is 26.7. The Morgan fingerprint density at radius 2 is 1.82 bits per heavy atom. The summed E-state index contributed by atoms with van der Waals surface area (Å²) >= 11 is 5.29. The Kier molecular flexibility index (Phi) is 3.60. The van der Waals surface area contributed by atoms with E-state index >= 15 is 0 Å². The second kappa shape index (κ2) is 5.57. The van der Waals surface area contributed by atoms with Gasteiger partial charge in [0.25, 0.3) is 5.56 Å². The summed E-state index contributed by atoms with van der Waals surface area (Å²) in [5.41, 5.74) is 1.85. The molecule has 1 aromatic heterocycles. The lowest BCUT2D eigenvalue weighted by molar-refractivity contribution is -0.114. The molecule has 6 heteroatoms. The van der Waals surface area contributed by atoms with Gasteiger partial charge in [0.15, 0.2) is 4.77 Å². The molecule has 1 amide bonds. The number of carbonyl (C=O) groups excluding carboxylic acids is 1. The van der Waals surface area contributed by atoms with E-state index in [1.165, 1.54) is 11.5 Å². The van der Waals surface area contributed by atoms with Crippen LogP contribution in [0.4, 0.5) is 5.69 Å². The Hall–Kier alpha value is -2.73. The van der Waals surface area contributed by atoms with Crippen LogP contribution in [0.5, 0.6) is 0 Å². The Balaban J connectivity index is 2.16. The van der Waals surface area contributed by atoms with Gasteiger partial charge in [0, 0.05) is 12.6 Å². The number of amides is 1. The number of hydrogen-bond acceptors (Lipinski definition) is 3. The van der Waals surface area contributed by atoms with Gasteiger partial charge in [0.2, 0.25) is 5.91 Å². The van der Waals surface area contributed by atoms with Crippen molar-refractivity contribution in [2.24, 2.45) is 0 Å². The first-order chi connectivity index (χ1) is 10.6. The third kappa shape index (κ3) is 2.56. The number of aromatic amines is 1. The van der Waals surface area contributed by atoms with Crippen LogP contribution in [0.25, 0.3) is 16.6 Å². The fraction of sp³-hybridized carbons (Fsp3) is 0.0625.